The van der Waals surface area contributed by atoms with E-state index in [0.717, 1.165) is 12.0 Å². The molecule has 2 unspecified atom stereocenters. The third-order valence-electron chi connectivity index (χ3n) is 3.74. The zero-order valence-corrected chi connectivity index (χ0v) is 9.42. The minimum Gasteiger partial charge on any atom is -0.316 e. The minimum absolute atomic E-state index is 0.185. The van der Waals surface area contributed by atoms with Crippen LogP contribution in [0.1, 0.15) is 31.7 Å². The first-order valence-corrected chi connectivity index (χ1v) is 5.33. The Kier molecular flexibility index (Phi) is 2.51. The standard InChI is InChI=1S/C12H17FN2/c1-12(2)10(5-11(12)14-3)8-4-9(13)7-15-6-8/h4,6-7,10-11,14H,5H2,1-3H3. The van der Waals surface area contributed by atoms with Gasteiger partial charge in [-0.1, -0.05) is 13.8 Å². The number of nitrogens with one attached hydrogen (secondary N) is 1. The van der Waals surface area contributed by atoms with E-state index in [1.54, 1.807) is 12.3 Å². The van der Waals surface area contributed by atoms with Crippen LogP contribution in [0, 0.1) is 11.2 Å². The largest absolute Gasteiger partial charge is 0.316 e. The molecule has 2 nitrogen and oxygen atoms in total. The van der Waals surface area contributed by atoms with Crippen molar-refractivity contribution >= 4 is 0 Å². The summed E-state index contributed by atoms with van der Waals surface area (Å²) in [5.41, 5.74) is 1.20. The molecule has 1 N–H and O–H groups in total. The van der Waals surface area contributed by atoms with Crippen molar-refractivity contribution in [2.24, 2.45) is 5.41 Å². The van der Waals surface area contributed by atoms with Gasteiger partial charge in [-0.05, 0) is 36.4 Å². The Hall–Kier alpha value is -0.960. The monoisotopic (exact) mass is 208 g/mol. The molecule has 1 aromatic rings. The normalized spacial score (nSPS) is 28.5. The summed E-state index contributed by atoms with van der Waals surface area (Å²) in [6, 6.07) is 2.12. The highest BCUT2D eigenvalue weighted by atomic mass is 19.1. The zero-order valence-electron chi connectivity index (χ0n) is 9.42. The highest BCUT2D eigenvalue weighted by molar-refractivity contribution is 5.25. The number of nitrogens with zero attached hydrogens (tertiary/aromatic N) is 1. The molecular weight excluding hydrogens is 191 g/mol. The van der Waals surface area contributed by atoms with Gasteiger partial charge in [0.2, 0.25) is 0 Å². The second-order valence-corrected chi connectivity index (χ2v) is 4.89. The predicted molar refractivity (Wildman–Crippen MR) is 58.2 cm³/mol. The van der Waals surface area contributed by atoms with Crippen LogP contribution < -0.4 is 5.32 Å². The van der Waals surface area contributed by atoms with E-state index in [2.05, 4.69) is 24.1 Å². The van der Waals surface area contributed by atoms with Crippen molar-refractivity contribution in [1.82, 2.24) is 10.3 Å². The summed E-state index contributed by atoms with van der Waals surface area (Å²) in [4.78, 5) is 3.91. The van der Waals surface area contributed by atoms with Gasteiger partial charge in [0.05, 0.1) is 6.20 Å². The van der Waals surface area contributed by atoms with Gasteiger partial charge in [0.15, 0.2) is 0 Å². The van der Waals surface area contributed by atoms with E-state index in [-0.39, 0.29) is 11.2 Å². The molecule has 0 bridgehead atoms. The molecular formula is C12H17FN2. The molecule has 2 rings (SSSR count). The van der Waals surface area contributed by atoms with Crippen LogP contribution >= 0.6 is 0 Å². The van der Waals surface area contributed by atoms with Crippen LogP contribution in [-0.2, 0) is 0 Å². The SMILES string of the molecule is CNC1CC(c2cncc(F)c2)C1(C)C. The van der Waals surface area contributed by atoms with Crippen molar-refractivity contribution < 1.29 is 4.39 Å². The van der Waals surface area contributed by atoms with Crippen LogP contribution in [0.2, 0.25) is 0 Å². The lowest BCUT2D eigenvalue weighted by molar-refractivity contribution is 0.0747. The third kappa shape index (κ3) is 1.65. The molecule has 1 heterocycles. The second kappa shape index (κ2) is 3.56. The Labute approximate surface area is 89.9 Å². The fraction of sp³-hybridized carbons (Fsp3) is 0.583. The summed E-state index contributed by atoms with van der Waals surface area (Å²) in [6.45, 7) is 4.43. The van der Waals surface area contributed by atoms with Gasteiger partial charge in [-0.3, -0.25) is 4.98 Å². The van der Waals surface area contributed by atoms with E-state index in [9.17, 15) is 4.39 Å². The molecule has 1 aliphatic rings. The maximum Gasteiger partial charge on any atom is 0.141 e. The van der Waals surface area contributed by atoms with Crippen LogP contribution in [0.4, 0.5) is 4.39 Å². The molecule has 82 valence electrons. The summed E-state index contributed by atoms with van der Waals surface area (Å²) >= 11 is 0. The minimum atomic E-state index is -0.240. The van der Waals surface area contributed by atoms with Gasteiger partial charge >= 0.3 is 0 Å². The van der Waals surface area contributed by atoms with Crippen LogP contribution in [0.25, 0.3) is 0 Å². The summed E-state index contributed by atoms with van der Waals surface area (Å²) in [5.74, 6) is 0.175. The molecule has 3 heteroatoms. The Balaban J connectivity index is 2.21. The second-order valence-electron chi connectivity index (χ2n) is 4.89. The Morgan fingerprint density at radius 1 is 1.47 bits per heavy atom. The quantitative estimate of drug-likeness (QED) is 0.806. The predicted octanol–water partition coefficient (Wildman–Crippen LogP) is 2.32. The summed E-state index contributed by atoms with van der Waals surface area (Å²) < 4.78 is 13.0. The van der Waals surface area contributed by atoms with Gasteiger partial charge in [0.25, 0.3) is 0 Å². The van der Waals surface area contributed by atoms with E-state index in [0.29, 0.717) is 12.0 Å². The van der Waals surface area contributed by atoms with E-state index in [4.69, 9.17) is 0 Å². The fourth-order valence-electron chi connectivity index (χ4n) is 2.60. The first-order valence-electron chi connectivity index (χ1n) is 5.33. The maximum atomic E-state index is 13.0. The van der Waals surface area contributed by atoms with Crippen molar-refractivity contribution in [3.05, 3.63) is 29.8 Å². The Bertz CT molecular complexity index is 362. The Morgan fingerprint density at radius 3 is 2.73 bits per heavy atom. The molecule has 0 aromatic carbocycles. The number of hydrogen-bond acceptors (Lipinski definition) is 2. The highest BCUT2D eigenvalue weighted by Crippen LogP contribution is 2.52. The number of pyridine rings is 1. The average molecular weight is 208 g/mol. The van der Waals surface area contributed by atoms with E-state index < -0.39 is 0 Å². The van der Waals surface area contributed by atoms with Gasteiger partial charge in [-0.25, -0.2) is 4.39 Å². The third-order valence-corrected chi connectivity index (χ3v) is 3.74. The zero-order chi connectivity index (χ0) is 11.1. The smallest absolute Gasteiger partial charge is 0.141 e. The lowest BCUT2D eigenvalue weighted by Crippen LogP contribution is -2.54. The number of rotatable bonds is 2. The van der Waals surface area contributed by atoms with Crippen LogP contribution in [0.15, 0.2) is 18.5 Å². The number of hydrogen-bond donors (Lipinski definition) is 1. The Morgan fingerprint density at radius 2 is 2.20 bits per heavy atom. The molecule has 1 fully saturated rings. The van der Waals surface area contributed by atoms with Gasteiger partial charge in [0, 0.05) is 12.2 Å². The van der Waals surface area contributed by atoms with Crippen molar-refractivity contribution in [3.63, 3.8) is 0 Å². The van der Waals surface area contributed by atoms with Crippen molar-refractivity contribution in [1.29, 1.82) is 0 Å². The number of aromatic nitrogens is 1. The van der Waals surface area contributed by atoms with Crippen molar-refractivity contribution in [2.45, 2.75) is 32.2 Å². The van der Waals surface area contributed by atoms with Crippen LogP contribution in [0.5, 0.6) is 0 Å². The van der Waals surface area contributed by atoms with Crippen molar-refractivity contribution in [3.8, 4) is 0 Å². The molecule has 0 radical (unpaired) electrons. The van der Waals surface area contributed by atoms with E-state index in [1.165, 1.54) is 6.20 Å². The fourth-order valence-corrected chi connectivity index (χ4v) is 2.60. The molecule has 1 saturated carbocycles. The van der Waals surface area contributed by atoms with Crippen LogP contribution in [-0.4, -0.2) is 18.1 Å². The average Bonchev–Trinajstić information content (AvgIpc) is 2.17. The van der Waals surface area contributed by atoms with Gasteiger partial charge in [-0.2, -0.15) is 0 Å². The van der Waals surface area contributed by atoms with Gasteiger partial charge in [0.1, 0.15) is 5.82 Å². The number of halogens is 1. The summed E-state index contributed by atoms with van der Waals surface area (Å²) in [6.07, 6.45) is 4.10. The molecule has 0 saturated heterocycles. The van der Waals surface area contributed by atoms with E-state index in [1.807, 2.05) is 7.05 Å². The van der Waals surface area contributed by atoms with Crippen molar-refractivity contribution in [2.75, 3.05) is 7.05 Å². The molecule has 1 aromatic heterocycles. The summed E-state index contributed by atoms with van der Waals surface area (Å²) in [7, 11) is 1.98. The molecule has 15 heavy (non-hydrogen) atoms. The van der Waals surface area contributed by atoms with Crippen LogP contribution in [0.3, 0.4) is 0 Å². The topological polar surface area (TPSA) is 24.9 Å². The molecule has 1 aliphatic carbocycles. The maximum absolute atomic E-state index is 13.0. The lowest BCUT2D eigenvalue weighted by atomic mass is 9.56. The molecule has 0 aliphatic heterocycles. The lowest BCUT2D eigenvalue weighted by Gasteiger charge is -2.52. The summed E-state index contributed by atoms with van der Waals surface area (Å²) in [5, 5.41) is 3.29. The van der Waals surface area contributed by atoms with E-state index >= 15 is 0 Å². The van der Waals surface area contributed by atoms with Gasteiger partial charge < -0.3 is 5.32 Å². The molecule has 0 spiro atoms. The highest BCUT2D eigenvalue weighted by Gasteiger charge is 2.47. The molecule has 2 atom stereocenters. The first kappa shape index (κ1) is 10.6. The molecule has 0 amide bonds. The first-order chi connectivity index (χ1) is 7.05. The van der Waals surface area contributed by atoms with Gasteiger partial charge in [-0.15, -0.1) is 0 Å².